The largest absolute Gasteiger partial charge is 0.495 e. The molecule has 1 aliphatic rings. The number of aromatic nitrogens is 2. The number of amides is 1. The molecule has 0 bridgehead atoms. The van der Waals surface area contributed by atoms with Gasteiger partial charge in [-0.15, -0.1) is 11.8 Å². The van der Waals surface area contributed by atoms with Crippen LogP contribution in [0.2, 0.25) is 0 Å². The molecule has 0 saturated heterocycles. The third-order valence-corrected chi connectivity index (χ3v) is 5.06. The van der Waals surface area contributed by atoms with Gasteiger partial charge in [0.15, 0.2) is 17.3 Å². The highest BCUT2D eigenvalue weighted by Crippen LogP contribution is 2.35. The van der Waals surface area contributed by atoms with E-state index in [9.17, 15) is 4.79 Å². The third-order valence-electron chi connectivity index (χ3n) is 4.09. The number of thioether (sulfide) groups is 1. The lowest BCUT2D eigenvalue weighted by atomic mass is 10.2. The number of carbonyl (C=O) groups excluding carboxylic acids is 1. The van der Waals surface area contributed by atoms with Crippen molar-refractivity contribution >= 4 is 23.4 Å². The minimum absolute atomic E-state index is 0.0102. The van der Waals surface area contributed by atoms with Crippen molar-refractivity contribution in [2.24, 2.45) is 0 Å². The Balaban J connectivity index is 1.32. The summed E-state index contributed by atoms with van der Waals surface area (Å²) in [6.45, 7) is 1.11. The second-order valence-corrected chi connectivity index (χ2v) is 7.17. The van der Waals surface area contributed by atoms with Crippen LogP contribution in [0.4, 0.5) is 5.69 Å². The van der Waals surface area contributed by atoms with E-state index in [1.165, 1.54) is 11.8 Å². The molecular formula is C20H19N3O5S. The maximum absolute atomic E-state index is 12.3. The number of nitrogens with one attached hydrogen (secondary N) is 1. The fourth-order valence-electron chi connectivity index (χ4n) is 2.77. The second-order valence-electron chi connectivity index (χ2n) is 6.12. The van der Waals surface area contributed by atoms with Gasteiger partial charge in [0.2, 0.25) is 11.8 Å². The predicted molar refractivity (Wildman–Crippen MR) is 107 cm³/mol. The minimum atomic E-state index is -0.249. The third kappa shape index (κ3) is 4.80. The molecule has 0 spiro atoms. The van der Waals surface area contributed by atoms with E-state index >= 15 is 0 Å². The van der Waals surface area contributed by atoms with Gasteiger partial charge >= 0.3 is 0 Å². The number of ether oxygens (including phenoxy) is 3. The highest BCUT2D eigenvalue weighted by atomic mass is 32.2. The van der Waals surface area contributed by atoms with Crippen LogP contribution >= 0.6 is 11.8 Å². The van der Waals surface area contributed by atoms with Gasteiger partial charge < -0.3 is 24.1 Å². The lowest BCUT2D eigenvalue weighted by molar-refractivity contribution is -0.115. The quantitative estimate of drug-likeness (QED) is 0.590. The predicted octanol–water partition coefficient (Wildman–Crippen LogP) is 3.32. The fourth-order valence-corrected chi connectivity index (χ4v) is 3.53. The van der Waals surface area contributed by atoms with Crippen LogP contribution < -0.4 is 19.5 Å². The second kappa shape index (κ2) is 8.87. The van der Waals surface area contributed by atoms with Crippen molar-refractivity contribution in [1.82, 2.24) is 10.1 Å². The van der Waals surface area contributed by atoms with Gasteiger partial charge in [0.25, 0.3) is 0 Å². The number of anilines is 1. The van der Waals surface area contributed by atoms with Gasteiger partial charge in [0.1, 0.15) is 19.0 Å². The van der Waals surface area contributed by atoms with Crippen molar-refractivity contribution in [3.63, 3.8) is 0 Å². The number of para-hydroxylation sites is 2. The van der Waals surface area contributed by atoms with Gasteiger partial charge in [-0.25, -0.2) is 0 Å². The van der Waals surface area contributed by atoms with E-state index in [0.717, 1.165) is 16.4 Å². The van der Waals surface area contributed by atoms with Gasteiger partial charge in [-0.05, 0) is 30.3 Å². The Morgan fingerprint density at radius 2 is 2.00 bits per heavy atom. The first kappa shape index (κ1) is 19.1. The Morgan fingerprint density at radius 3 is 2.86 bits per heavy atom. The molecule has 8 nitrogen and oxygen atoms in total. The topological polar surface area (TPSA) is 95.7 Å². The maximum Gasteiger partial charge on any atom is 0.237 e. The molecule has 0 atom stereocenters. The summed E-state index contributed by atoms with van der Waals surface area (Å²) in [6.07, 6.45) is 0.0102. The summed E-state index contributed by atoms with van der Waals surface area (Å²) in [6, 6.07) is 13.0. The number of methoxy groups -OCH3 is 1. The fraction of sp³-hybridized carbons (Fsp3) is 0.250. The average Bonchev–Trinajstić information content (AvgIpc) is 3.19. The maximum atomic E-state index is 12.3. The molecule has 1 N–H and O–H groups in total. The van der Waals surface area contributed by atoms with Gasteiger partial charge in [-0.2, -0.15) is 4.98 Å². The summed E-state index contributed by atoms with van der Waals surface area (Å²) in [7, 11) is 1.55. The number of carbonyl (C=O) groups is 1. The molecule has 150 valence electrons. The van der Waals surface area contributed by atoms with Crippen molar-refractivity contribution in [3.8, 4) is 17.2 Å². The SMILES string of the molecule is COc1ccccc1NC(=O)Cc1noc(CSc2ccc3c(c2)OCCO3)n1. The highest BCUT2D eigenvalue weighted by molar-refractivity contribution is 7.98. The zero-order valence-electron chi connectivity index (χ0n) is 15.7. The van der Waals surface area contributed by atoms with Crippen LogP contribution in [0.1, 0.15) is 11.7 Å². The van der Waals surface area contributed by atoms with Crippen LogP contribution in [0.5, 0.6) is 17.2 Å². The number of hydrogen-bond acceptors (Lipinski definition) is 8. The Hall–Kier alpha value is -3.20. The van der Waals surface area contributed by atoms with E-state index in [2.05, 4.69) is 15.5 Å². The van der Waals surface area contributed by atoms with Crippen LogP contribution in [-0.4, -0.2) is 36.4 Å². The Morgan fingerprint density at radius 1 is 1.17 bits per heavy atom. The number of benzene rings is 2. The van der Waals surface area contributed by atoms with E-state index in [1.807, 2.05) is 30.3 Å². The minimum Gasteiger partial charge on any atom is -0.495 e. The molecule has 2 aromatic carbocycles. The first-order valence-electron chi connectivity index (χ1n) is 8.98. The smallest absolute Gasteiger partial charge is 0.237 e. The summed E-state index contributed by atoms with van der Waals surface area (Å²) in [5, 5.41) is 6.68. The average molecular weight is 413 g/mol. The van der Waals surface area contributed by atoms with Crippen molar-refractivity contribution in [2.75, 3.05) is 25.6 Å². The number of nitrogens with zero attached hydrogens (tertiary/aromatic N) is 2. The first-order valence-corrected chi connectivity index (χ1v) is 9.96. The normalized spacial score (nSPS) is 12.4. The van der Waals surface area contributed by atoms with E-state index < -0.39 is 0 Å². The standard InChI is InChI=1S/C20H19N3O5S/c1-25-15-5-3-2-4-14(15)21-19(24)11-18-22-20(28-23-18)12-29-13-6-7-16-17(10-13)27-9-8-26-16/h2-7,10H,8-9,11-12H2,1H3,(H,21,24). The molecule has 3 aromatic rings. The monoisotopic (exact) mass is 413 g/mol. The molecule has 0 unspecified atom stereocenters. The molecule has 0 fully saturated rings. The lowest BCUT2D eigenvalue weighted by Gasteiger charge is -2.18. The summed E-state index contributed by atoms with van der Waals surface area (Å²) in [5.74, 6) is 3.09. The first-order chi connectivity index (χ1) is 14.2. The molecule has 29 heavy (non-hydrogen) atoms. The molecule has 2 heterocycles. The molecule has 0 radical (unpaired) electrons. The van der Waals surface area contributed by atoms with Crippen LogP contribution in [0.3, 0.4) is 0 Å². The summed E-state index contributed by atoms with van der Waals surface area (Å²) in [5.41, 5.74) is 0.595. The highest BCUT2D eigenvalue weighted by Gasteiger charge is 2.15. The number of hydrogen-bond donors (Lipinski definition) is 1. The van der Waals surface area contributed by atoms with Gasteiger partial charge in [0, 0.05) is 4.90 Å². The van der Waals surface area contributed by atoms with E-state index in [0.29, 0.717) is 42.1 Å². The Bertz CT molecular complexity index is 1010. The summed E-state index contributed by atoms with van der Waals surface area (Å²) in [4.78, 5) is 17.5. The van der Waals surface area contributed by atoms with E-state index in [1.54, 1.807) is 19.2 Å². The van der Waals surface area contributed by atoms with Crippen LogP contribution in [0, 0.1) is 0 Å². The molecule has 1 aromatic heterocycles. The molecule has 4 rings (SSSR count). The molecule has 0 aliphatic carbocycles. The van der Waals surface area contributed by atoms with Crippen LogP contribution in [0.25, 0.3) is 0 Å². The molecular weight excluding hydrogens is 394 g/mol. The van der Waals surface area contributed by atoms with Crippen LogP contribution in [-0.2, 0) is 17.0 Å². The molecule has 9 heteroatoms. The van der Waals surface area contributed by atoms with Gasteiger partial charge in [-0.1, -0.05) is 17.3 Å². The molecule has 1 amide bonds. The molecule has 0 saturated carbocycles. The Kier molecular flexibility index (Phi) is 5.85. The number of rotatable bonds is 7. The van der Waals surface area contributed by atoms with Gasteiger partial charge in [0.05, 0.1) is 25.0 Å². The summed E-state index contributed by atoms with van der Waals surface area (Å²) >= 11 is 1.54. The van der Waals surface area contributed by atoms with E-state index in [4.69, 9.17) is 18.7 Å². The van der Waals surface area contributed by atoms with E-state index in [-0.39, 0.29) is 12.3 Å². The lowest BCUT2D eigenvalue weighted by Crippen LogP contribution is -2.15. The zero-order valence-corrected chi connectivity index (χ0v) is 16.5. The van der Waals surface area contributed by atoms with Crippen molar-refractivity contribution in [3.05, 3.63) is 54.2 Å². The molecule has 1 aliphatic heterocycles. The van der Waals surface area contributed by atoms with Gasteiger partial charge in [-0.3, -0.25) is 4.79 Å². The zero-order chi connectivity index (χ0) is 20.1. The summed E-state index contributed by atoms with van der Waals surface area (Å²) < 4.78 is 21.6. The van der Waals surface area contributed by atoms with Crippen LogP contribution in [0.15, 0.2) is 51.9 Å². The Labute approximate surface area is 171 Å². The number of fused-ring (bicyclic) bond motifs is 1. The van der Waals surface area contributed by atoms with Crippen molar-refractivity contribution in [2.45, 2.75) is 17.1 Å². The van der Waals surface area contributed by atoms with Crippen molar-refractivity contribution < 1.29 is 23.5 Å². The van der Waals surface area contributed by atoms with Crippen molar-refractivity contribution in [1.29, 1.82) is 0 Å².